The van der Waals surface area contributed by atoms with Gasteiger partial charge in [0.05, 0.1) is 5.02 Å². The van der Waals surface area contributed by atoms with Crippen molar-refractivity contribution < 1.29 is 9.32 Å². The predicted molar refractivity (Wildman–Crippen MR) is 117 cm³/mol. The summed E-state index contributed by atoms with van der Waals surface area (Å²) < 4.78 is 5.72. The van der Waals surface area contributed by atoms with Crippen LogP contribution in [0.5, 0.6) is 0 Å². The number of aromatic nitrogens is 1. The molecule has 1 amide bonds. The van der Waals surface area contributed by atoms with Crippen LogP contribution in [0.1, 0.15) is 40.4 Å². The Bertz CT molecular complexity index is 1050. The Kier molecular flexibility index (Phi) is 5.32. The fourth-order valence-corrected chi connectivity index (χ4v) is 4.44. The number of piperazine rings is 1. The van der Waals surface area contributed by atoms with Crippen LogP contribution in [0.25, 0.3) is 11.3 Å². The molecule has 1 atom stereocenters. The van der Waals surface area contributed by atoms with E-state index in [-0.39, 0.29) is 17.9 Å². The molecule has 1 aromatic heterocycles. The third kappa shape index (κ3) is 3.75. The van der Waals surface area contributed by atoms with Gasteiger partial charge in [0.1, 0.15) is 11.3 Å². The van der Waals surface area contributed by atoms with Crippen LogP contribution < -0.4 is 5.32 Å². The first-order valence-electron chi connectivity index (χ1n) is 10.5. The van der Waals surface area contributed by atoms with E-state index in [0.717, 1.165) is 37.9 Å². The van der Waals surface area contributed by atoms with Crippen molar-refractivity contribution in [2.24, 2.45) is 0 Å². The number of nitrogens with one attached hydrogen (secondary N) is 1. The van der Waals surface area contributed by atoms with Gasteiger partial charge in [-0.3, -0.25) is 4.79 Å². The Morgan fingerprint density at radius 3 is 2.67 bits per heavy atom. The molecule has 30 heavy (non-hydrogen) atoms. The van der Waals surface area contributed by atoms with Gasteiger partial charge in [0.15, 0.2) is 5.76 Å². The molecule has 5 rings (SSSR count). The molecule has 2 aromatic carbocycles. The summed E-state index contributed by atoms with van der Waals surface area (Å²) in [5.74, 6) is 0.991. The normalized spacial score (nSPS) is 19.1. The average molecular weight is 422 g/mol. The van der Waals surface area contributed by atoms with Gasteiger partial charge in [0, 0.05) is 37.2 Å². The SMILES string of the molecule is O=C(c1c(-c2ccccc2Cl)noc1C1CC1)N1CCNC[C@H]1Cc1ccccc1. The fourth-order valence-electron chi connectivity index (χ4n) is 4.21. The standard InChI is InChI=1S/C24H24ClN3O2/c25-20-9-5-4-8-19(20)22-21(23(30-27-22)17-10-11-17)24(29)28-13-12-26-15-18(28)14-16-6-2-1-3-7-16/h1-9,17-18,26H,10-15H2/t18-/m1/s1. The van der Waals surface area contributed by atoms with Crippen LogP contribution in [-0.4, -0.2) is 41.6 Å². The number of hydrogen-bond acceptors (Lipinski definition) is 4. The van der Waals surface area contributed by atoms with E-state index in [1.54, 1.807) is 0 Å². The first-order chi connectivity index (χ1) is 14.7. The number of hydrogen-bond donors (Lipinski definition) is 1. The van der Waals surface area contributed by atoms with E-state index >= 15 is 0 Å². The topological polar surface area (TPSA) is 58.4 Å². The molecule has 0 unspecified atom stereocenters. The summed E-state index contributed by atoms with van der Waals surface area (Å²) in [6.45, 7) is 2.21. The number of amides is 1. The highest BCUT2D eigenvalue weighted by Gasteiger charge is 2.39. The smallest absolute Gasteiger partial charge is 0.260 e. The molecule has 1 saturated carbocycles. The minimum atomic E-state index is -0.00417. The van der Waals surface area contributed by atoms with Gasteiger partial charge < -0.3 is 14.7 Å². The number of carbonyl (C=O) groups excluding carboxylic acids is 1. The number of rotatable bonds is 5. The van der Waals surface area contributed by atoms with Gasteiger partial charge in [-0.25, -0.2) is 0 Å². The molecule has 0 radical (unpaired) electrons. The molecule has 2 aliphatic rings. The first kappa shape index (κ1) is 19.3. The molecule has 5 nitrogen and oxygen atoms in total. The van der Waals surface area contributed by atoms with E-state index in [1.165, 1.54) is 5.56 Å². The van der Waals surface area contributed by atoms with E-state index in [1.807, 2.05) is 47.4 Å². The van der Waals surface area contributed by atoms with E-state index in [2.05, 4.69) is 22.6 Å². The second-order valence-electron chi connectivity index (χ2n) is 8.07. The molecule has 154 valence electrons. The third-order valence-electron chi connectivity index (χ3n) is 5.93. The van der Waals surface area contributed by atoms with Crippen molar-refractivity contribution in [1.82, 2.24) is 15.4 Å². The van der Waals surface area contributed by atoms with Gasteiger partial charge in [-0.2, -0.15) is 0 Å². The lowest BCUT2D eigenvalue weighted by molar-refractivity contribution is 0.0634. The Morgan fingerprint density at radius 2 is 1.90 bits per heavy atom. The van der Waals surface area contributed by atoms with Crippen LogP contribution in [0, 0.1) is 0 Å². The molecule has 1 N–H and O–H groups in total. The van der Waals surface area contributed by atoms with Crippen molar-refractivity contribution in [3.63, 3.8) is 0 Å². The largest absolute Gasteiger partial charge is 0.360 e. The molecule has 0 bridgehead atoms. The maximum atomic E-state index is 13.9. The fraction of sp³-hybridized carbons (Fsp3) is 0.333. The van der Waals surface area contributed by atoms with Gasteiger partial charge in [-0.1, -0.05) is 65.3 Å². The summed E-state index contributed by atoms with van der Waals surface area (Å²) >= 11 is 6.45. The lowest BCUT2D eigenvalue weighted by Gasteiger charge is -2.36. The molecule has 1 aliphatic carbocycles. The van der Waals surface area contributed by atoms with Crippen molar-refractivity contribution in [3.05, 3.63) is 76.5 Å². The van der Waals surface area contributed by atoms with Gasteiger partial charge in [0.2, 0.25) is 0 Å². The molecule has 6 heteroatoms. The predicted octanol–water partition coefficient (Wildman–Crippen LogP) is 4.53. The summed E-state index contributed by atoms with van der Waals surface area (Å²) in [4.78, 5) is 15.9. The molecule has 1 saturated heterocycles. The zero-order valence-corrected chi connectivity index (χ0v) is 17.4. The van der Waals surface area contributed by atoms with Crippen LogP contribution in [0.15, 0.2) is 59.1 Å². The maximum absolute atomic E-state index is 13.9. The summed E-state index contributed by atoms with van der Waals surface area (Å²) in [6.07, 6.45) is 2.88. The Morgan fingerprint density at radius 1 is 1.13 bits per heavy atom. The van der Waals surface area contributed by atoms with E-state index in [9.17, 15) is 4.79 Å². The molecule has 3 aromatic rings. The van der Waals surface area contributed by atoms with Gasteiger partial charge in [-0.05, 0) is 30.9 Å². The molecule has 2 fully saturated rings. The quantitative estimate of drug-likeness (QED) is 0.657. The molecule has 0 spiro atoms. The van der Waals surface area contributed by atoms with Crippen LogP contribution in [-0.2, 0) is 6.42 Å². The monoisotopic (exact) mass is 421 g/mol. The number of halogens is 1. The molecule has 2 heterocycles. The highest BCUT2D eigenvalue weighted by molar-refractivity contribution is 6.33. The number of nitrogens with zero attached hydrogens (tertiary/aromatic N) is 2. The van der Waals surface area contributed by atoms with Crippen molar-refractivity contribution in [2.45, 2.75) is 31.2 Å². The summed E-state index contributed by atoms with van der Waals surface area (Å²) in [7, 11) is 0. The first-order valence-corrected chi connectivity index (χ1v) is 10.9. The summed E-state index contributed by atoms with van der Waals surface area (Å²) in [5, 5.41) is 8.32. The van der Waals surface area contributed by atoms with Crippen molar-refractivity contribution in [3.8, 4) is 11.3 Å². The zero-order valence-electron chi connectivity index (χ0n) is 16.7. The molecule has 1 aliphatic heterocycles. The maximum Gasteiger partial charge on any atom is 0.260 e. The highest BCUT2D eigenvalue weighted by Crippen LogP contribution is 2.45. The lowest BCUT2D eigenvalue weighted by Crippen LogP contribution is -2.54. The number of carbonyl (C=O) groups is 1. The second kappa shape index (κ2) is 8.25. The lowest BCUT2D eigenvalue weighted by atomic mass is 9.99. The van der Waals surface area contributed by atoms with E-state index in [0.29, 0.717) is 28.6 Å². The molecular weight excluding hydrogens is 398 g/mol. The van der Waals surface area contributed by atoms with Gasteiger partial charge >= 0.3 is 0 Å². The highest BCUT2D eigenvalue weighted by atomic mass is 35.5. The minimum absolute atomic E-state index is 0.00417. The molecular formula is C24H24ClN3O2. The Labute approximate surface area is 181 Å². The van der Waals surface area contributed by atoms with Crippen LogP contribution in [0.2, 0.25) is 5.02 Å². The average Bonchev–Trinajstić information content (AvgIpc) is 3.53. The number of benzene rings is 2. The van der Waals surface area contributed by atoms with Crippen LogP contribution in [0.4, 0.5) is 0 Å². The van der Waals surface area contributed by atoms with Crippen LogP contribution in [0.3, 0.4) is 0 Å². The summed E-state index contributed by atoms with van der Waals surface area (Å²) in [5.41, 5.74) is 3.12. The Hall–Kier alpha value is -2.63. The van der Waals surface area contributed by atoms with Gasteiger partial charge in [0.25, 0.3) is 5.91 Å². The summed E-state index contributed by atoms with van der Waals surface area (Å²) in [6, 6.07) is 17.9. The zero-order chi connectivity index (χ0) is 20.5. The van der Waals surface area contributed by atoms with E-state index < -0.39 is 0 Å². The van der Waals surface area contributed by atoms with Crippen LogP contribution >= 0.6 is 11.6 Å². The second-order valence-corrected chi connectivity index (χ2v) is 8.48. The third-order valence-corrected chi connectivity index (χ3v) is 6.26. The van der Waals surface area contributed by atoms with Crippen molar-refractivity contribution in [1.29, 1.82) is 0 Å². The van der Waals surface area contributed by atoms with Crippen molar-refractivity contribution >= 4 is 17.5 Å². The van der Waals surface area contributed by atoms with E-state index in [4.69, 9.17) is 16.1 Å². The van der Waals surface area contributed by atoms with Crippen molar-refractivity contribution in [2.75, 3.05) is 19.6 Å². The van der Waals surface area contributed by atoms with Gasteiger partial charge in [-0.15, -0.1) is 0 Å². The minimum Gasteiger partial charge on any atom is -0.360 e. The Balaban J connectivity index is 1.51.